The van der Waals surface area contributed by atoms with Gasteiger partial charge in [-0.1, -0.05) is 17.7 Å². The minimum Gasteiger partial charge on any atom is -0.496 e. The molecule has 0 spiro atoms. The molecule has 102 valence electrons. The number of nitrogens with two attached hydrogens (primary N) is 1. The molecule has 0 saturated heterocycles. The van der Waals surface area contributed by atoms with Crippen LogP contribution in [0.2, 0.25) is 5.02 Å². The van der Waals surface area contributed by atoms with Crippen molar-refractivity contribution in [2.45, 2.75) is 0 Å². The maximum atomic E-state index is 6.25. The summed E-state index contributed by atoms with van der Waals surface area (Å²) >= 11 is 6.25. The minimum absolute atomic E-state index is 0.655. The molecule has 1 aromatic heterocycles. The fourth-order valence-electron chi connectivity index (χ4n) is 2.35. The SMILES string of the molecule is COc1cc(N)ccc1-c1nc2cccc(Cl)c2n1C. The minimum atomic E-state index is 0.655. The number of para-hydroxylation sites is 1. The van der Waals surface area contributed by atoms with E-state index in [1.807, 2.05) is 41.9 Å². The predicted molar refractivity (Wildman–Crippen MR) is 82.1 cm³/mol. The molecule has 0 aliphatic heterocycles. The van der Waals surface area contributed by atoms with Gasteiger partial charge >= 0.3 is 0 Å². The number of ether oxygens (including phenoxy) is 1. The Kier molecular flexibility index (Phi) is 3.03. The van der Waals surface area contributed by atoms with Crippen LogP contribution in [0, 0.1) is 0 Å². The van der Waals surface area contributed by atoms with E-state index in [0.717, 1.165) is 22.4 Å². The van der Waals surface area contributed by atoms with Gasteiger partial charge < -0.3 is 15.0 Å². The summed E-state index contributed by atoms with van der Waals surface area (Å²) in [6.07, 6.45) is 0. The number of fused-ring (bicyclic) bond motifs is 1. The molecule has 0 aliphatic rings. The van der Waals surface area contributed by atoms with Crippen molar-refractivity contribution in [3.05, 3.63) is 41.4 Å². The van der Waals surface area contributed by atoms with Gasteiger partial charge in [0, 0.05) is 18.8 Å². The second-order valence-electron chi connectivity index (χ2n) is 4.56. The number of hydrogen-bond acceptors (Lipinski definition) is 3. The van der Waals surface area contributed by atoms with E-state index in [0.29, 0.717) is 16.5 Å². The maximum absolute atomic E-state index is 6.25. The van der Waals surface area contributed by atoms with E-state index in [2.05, 4.69) is 4.98 Å². The van der Waals surface area contributed by atoms with Crippen molar-refractivity contribution in [3.8, 4) is 17.1 Å². The van der Waals surface area contributed by atoms with Crippen LogP contribution in [0.4, 0.5) is 5.69 Å². The Morgan fingerprint density at radius 2 is 2.05 bits per heavy atom. The lowest BCUT2D eigenvalue weighted by molar-refractivity contribution is 0.416. The third-order valence-electron chi connectivity index (χ3n) is 3.31. The fraction of sp³-hybridized carbons (Fsp3) is 0.133. The lowest BCUT2D eigenvalue weighted by atomic mass is 10.1. The average Bonchev–Trinajstić information content (AvgIpc) is 2.77. The number of nitrogens with zero attached hydrogens (tertiary/aromatic N) is 2. The van der Waals surface area contributed by atoms with Gasteiger partial charge in [0.05, 0.1) is 28.7 Å². The molecule has 0 fully saturated rings. The number of nitrogen functional groups attached to an aromatic ring is 1. The number of aryl methyl sites for hydroxylation is 1. The van der Waals surface area contributed by atoms with Crippen molar-refractivity contribution in [2.75, 3.05) is 12.8 Å². The van der Waals surface area contributed by atoms with Crippen molar-refractivity contribution in [1.29, 1.82) is 0 Å². The van der Waals surface area contributed by atoms with Gasteiger partial charge in [-0.05, 0) is 24.3 Å². The molecule has 0 radical (unpaired) electrons. The Morgan fingerprint density at radius 1 is 1.25 bits per heavy atom. The highest BCUT2D eigenvalue weighted by Gasteiger charge is 2.15. The predicted octanol–water partition coefficient (Wildman–Crippen LogP) is 3.48. The zero-order chi connectivity index (χ0) is 14.3. The monoisotopic (exact) mass is 287 g/mol. The van der Waals surface area contributed by atoms with Gasteiger partial charge in [0.1, 0.15) is 11.6 Å². The van der Waals surface area contributed by atoms with E-state index in [1.54, 1.807) is 13.2 Å². The fourth-order valence-corrected chi connectivity index (χ4v) is 2.65. The Hall–Kier alpha value is -2.20. The number of aromatic nitrogens is 2. The average molecular weight is 288 g/mol. The van der Waals surface area contributed by atoms with Gasteiger partial charge in [0.15, 0.2) is 0 Å². The van der Waals surface area contributed by atoms with Gasteiger partial charge in [-0.15, -0.1) is 0 Å². The summed E-state index contributed by atoms with van der Waals surface area (Å²) in [5.74, 6) is 1.49. The van der Waals surface area contributed by atoms with Crippen LogP contribution in [0.15, 0.2) is 36.4 Å². The van der Waals surface area contributed by atoms with Gasteiger partial charge in [-0.2, -0.15) is 0 Å². The first-order valence-corrected chi connectivity index (χ1v) is 6.54. The summed E-state index contributed by atoms with van der Waals surface area (Å²) < 4.78 is 7.36. The molecule has 5 heteroatoms. The highest BCUT2D eigenvalue weighted by atomic mass is 35.5. The molecule has 0 amide bonds. The van der Waals surface area contributed by atoms with E-state index in [-0.39, 0.29) is 0 Å². The normalized spacial score (nSPS) is 10.9. The van der Waals surface area contributed by atoms with Gasteiger partial charge in [-0.25, -0.2) is 4.98 Å². The topological polar surface area (TPSA) is 53.1 Å². The van der Waals surface area contributed by atoms with Crippen LogP contribution in [0.5, 0.6) is 5.75 Å². The first-order valence-electron chi connectivity index (χ1n) is 6.16. The maximum Gasteiger partial charge on any atom is 0.144 e. The van der Waals surface area contributed by atoms with Crippen molar-refractivity contribution in [2.24, 2.45) is 7.05 Å². The Balaban J connectivity index is 2.30. The molecular formula is C15H14ClN3O. The smallest absolute Gasteiger partial charge is 0.144 e. The van der Waals surface area contributed by atoms with Crippen LogP contribution in [-0.4, -0.2) is 16.7 Å². The number of imidazole rings is 1. The van der Waals surface area contributed by atoms with Gasteiger partial charge in [-0.3, -0.25) is 0 Å². The summed E-state index contributed by atoms with van der Waals surface area (Å²) in [4.78, 5) is 4.64. The van der Waals surface area contributed by atoms with Crippen LogP contribution in [-0.2, 0) is 7.05 Å². The summed E-state index contributed by atoms with van der Waals surface area (Å²) in [6, 6.07) is 11.2. The molecule has 0 unspecified atom stereocenters. The van der Waals surface area contributed by atoms with Crippen LogP contribution >= 0.6 is 11.6 Å². The molecule has 0 aliphatic carbocycles. The molecule has 1 heterocycles. The second-order valence-corrected chi connectivity index (χ2v) is 4.97. The second kappa shape index (κ2) is 4.72. The zero-order valence-corrected chi connectivity index (χ0v) is 12.0. The number of hydrogen-bond donors (Lipinski definition) is 1. The van der Waals surface area contributed by atoms with Crippen LogP contribution in [0.3, 0.4) is 0 Å². The molecule has 0 atom stereocenters. The molecule has 0 bridgehead atoms. The first kappa shape index (κ1) is 12.8. The van der Waals surface area contributed by atoms with E-state index >= 15 is 0 Å². The molecule has 0 saturated carbocycles. The number of halogens is 1. The van der Waals surface area contributed by atoms with E-state index < -0.39 is 0 Å². The largest absolute Gasteiger partial charge is 0.496 e. The molecule has 20 heavy (non-hydrogen) atoms. The van der Waals surface area contributed by atoms with Gasteiger partial charge in [0.2, 0.25) is 0 Å². The number of anilines is 1. The summed E-state index contributed by atoms with van der Waals surface area (Å²) in [5, 5.41) is 0.679. The highest BCUT2D eigenvalue weighted by molar-refractivity contribution is 6.35. The molecule has 3 rings (SSSR count). The lowest BCUT2D eigenvalue weighted by Crippen LogP contribution is -1.97. The van der Waals surface area contributed by atoms with Crippen molar-refractivity contribution in [1.82, 2.24) is 9.55 Å². The van der Waals surface area contributed by atoms with Crippen molar-refractivity contribution >= 4 is 28.3 Å². The van der Waals surface area contributed by atoms with E-state index in [9.17, 15) is 0 Å². The number of rotatable bonds is 2. The van der Waals surface area contributed by atoms with Gasteiger partial charge in [0.25, 0.3) is 0 Å². The third kappa shape index (κ3) is 1.89. The lowest BCUT2D eigenvalue weighted by Gasteiger charge is -2.09. The van der Waals surface area contributed by atoms with Crippen molar-refractivity contribution in [3.63, 3.8) is 0 Å². The summed E-state index contributed by atoms with van der Waals surface area (Å²) in [6.45, 7) is 0. The third-order valence-corrected chi connectivity index (χ3v) is 3.62. The first-order chi connectivity index (χ1) is 9.61. The highest BCUT2D eigenvalue weighted by Crippen LogP contribution is 2.34. The molecule has 3 aromatic rings. The Labute approximate surface area is 121 Å². The van der Waals surface area contributed by atoms with E-state index in [1.165, 1.54) is 0 Å². The Bertz CT molecular complexity index is 795. The number of benzene rings is 2. The molecule has 4 nitrogen and oxygen atoms in total. The molecular weight excluding hydrogens is 274 g/mol. The van der Waals surface area contributed by atoms with Crippen LogP contribution in [0.1, 0.15) is 0 Å². The van der Waals surface area contributed by atoms with Crippen LogP contribution < -0.4 is 10.5 Å². The molecule has 2 N–H and O–H groups in total. The Morgan fingerprint density at radius 3 is 2.75 bits per heavy atom. The number of methoxy groups -OCH3 is 1. The van der Waals surface area contributed by atoms with Crippen molar-refractivity contribution < 1.29 is 4.74 Å². The summed E-state index contributed by atoms with van der Waals surface area (Å²) in [5.41, 5.74) is 9.09. The molecule has 2 aromatic carbocycles. The van der Waals surface area contributed by atoms with E-state index in [4.69, 9.17) is 22.1 Å². The van der Waals surface area contributed by atoms with Crippen LogP contribution in [0.25, 0.3) is 22.4 Å². The standard InChI is InChI=1S/C15H14ClN3O/c1-19-14-11(16)4-3-5-12(14)18-15(19)10-7-6-9(17)8-13(10)20-2/h3-8H,17H2,1-2H3. The zero-order valence-electron chi connectivity index (χ0n) is 11.2. The summed E-state index contributed by atoms with van der Waals surface area (Å²) in [7, 11) is 3.56. The quantitative estimate of drug-likeness (QED) is 0.734.